The molecule has 0 radical (unpaired) electrons. The van der Waals surface area contributed by atoms with Crippen molar-refractivity contribution in [1.82, 2.24) is 14.7 Å². The van der Waals surface area contributed by atoms with E-state index in [1.807, 2.05) is 0 Å². The van der Waals surface area contributed by atoms with Crippen LogP contribution in [-0.2, 0) is 20.1 Å². The molecule has 1 aliphatic rings. The Balaban J connectivity index is 1.58. The lowest BCUT2D eigenvalue weighted by Gasteiger charge is -2.30. The van der Waals surface area contributed by atoms with Crippen LogP contribution in [0.5, 0.6) is 0 Å². The number of benzene rings is 1. The molecule has 1 aliphatic heterocycles. The molecule has 3 rings (SSSR count). The molecule has 0 spiro atoms. The maximum absolute atomic E-state index is 11.9. The summed E-state index contributed by atoms with van der Waals surface area (Å²) in [4.78, 5) is 14.4. The second-order valence-corrected chi connectivity index (χ2v) is 7.75. The minimum atomic E-state index is -0.142. The van der Waals surface area contributed by atoms with Crippen molar-refractivity contribution in [3.05, 3.63) is 56.4 Å². The molecule has 1 atom stereocenters. The van der Waals surface area contributed by atoms with Gasteiger partial charge in [-0.05, 0) is 52.4 Å². The van der Waals surface area contributed by atoms with Crippen LogP contribution in [0.1, 0.15) is 30.9 Å². The van der Waals surface area contributed by atoms with E-state index in [9.17, 15) is 4.79 Å². The summed E-state index contributed by atoms with van der Waals surface area (Å²) in [5.41, 5.74) is 3.11. The lowest BCUT2D eigenvalue weighted by atomic mass is 9.99. The second kappa shape index (κ2) is 8.15. The topological polar surface area (TPSA) is 50.2 Å². The third-order valence-corrected chi connectivity index (χ3v) is 5.50. The van der Waals surface area contributed by atoms with Gasteiger partial charge < -0.3 is 5.32 Å². The van der Waals surface area contributed by atoms with Gasteiger partial charge in [-0.2, -0.15) is 5.10 Å². The van der Waals surface area contributed by atoms with Crippen LogP contribution in [0.15, 0.2) is 39.7 Å². The molecule has 5 nitrogen and oxygen atoms in total. The summed E-state index contributed by atoms with van der Waals surface area (Å²) in [6, 6.07) is 8.71. The Morgan fingerprint density at radius 1 is 1.28 bits per heavy atom. The van der Waals surface area contributed by atoms with Crippen LogP contribution >= 0.6 is 15.9 Å². The molecule has 0 amide bonds. The van der Waals surface area contributed by atoms with Gasteiger partial charge in [0.2, 0.25) is 0 Å². The first-order valence-electron chi connectivity index (χ1n) is 8.79. The summed E-state index contributed by atoms with van der Waals surface area (Å²) in [6.07, 6.45) is 4.33. The number of aromatic nitrogens is 2. The smallest absolute Gasteiger partial charge is 0.282 e. The Morgan fingerprint density at radius 2 is 2.00 bits per heavy atom. The van der Waals surface area contributed by atoms with Crippen LogP contribution in [0, 0.1) is 5.92 Å². The highest BCUT2D eigenvalue weighted by molar-refractivity contribution is 9.10. The molecule has 0 bridgehead atoms. The first-order chi connectivity index (χ1) is 12.0. The van der Waals surface area contributed by atoms with Gasteiger partial charge in [0.1, 0.15) is 4.47 Å². The van der Waals surface area contributed by atoms with Crippen LogP contribution < -0.4 is 10.9 Å². The maximum Gasteiger partial charge on any atom is 0.282 e. The van der Waals surface area contributed by atoms with E-state index in [-0.39, 0.29) is 5.56 Å². The van der Waals surface area contributed by atoms with Gasteiger partial charge in [-0.1, -0.05) is 31.2 Å². The zero-order chi connectivity index (χ0) is 17.8. The SMILES string of the molecule is CC1CCCN(Cc2ccc(CNc3cnn(C)c(=O)c3Br)cc2)C1. The summed E-state index contributed by atoms with van der Waals surface area (Å²) in [6.45, 7) is 6.44. The van der Waals surface area contributed by atoms with Crippen molar-refractivity contribution in [2.24, 2.45) is 13.0 Å². The van der Waals surface area contributed by atoms with E-state index in [2.05, 4.69) is 62.4 Å². The van der Waals surface area contributed by atoms with E-state index in [1.165, 1.54) is 41.7 Å². The first kappa shape index (κ1) is 18.1. The number of anilines is 1. The molecule has 25 heavy (non-hydrogen) atoms. The Labute approximate surface area is 157 Å². The first-order valence-corrected chi connectivity index (χ1v) is 9.58. The fourth-order valence-corrected chi connectivity index (χ4v) is 3.78. The number of nitrogens with zero attached hydrogens (tertiary/aromatic N) is 3. The van der Waals surface area contributed by atoms with Crippen LogP contribution in [0.25, 0.3) is 0 Å². The molecular weight excluding hydrogens is 380 g/mol. The maximum atomic E-state index is 11.9. The van der Waals surface area contributed by atoms with Gasteiger partial charge in [-0.25, -0.2) is 4.68 Å². The zero-order valence-corrected chi connectivity index (χ0v) is 16.4. The molecule has 0 saturated carbocycles. The summed E-state index contributed by atoms with van der Waals surface area (Å²) in [5, 5.41) is 7.31. The summed E-state index contributed by atoms with van der Waals surface area (Å²) in [7, 11) is 1.64. The predicted molar refractivity (Wildman–Crippen MR) is 105 cm³/mol. The van der Waals surface area contributed by atoms with Crippen molar-refractivity contribution >= 4 is 21.6 Å². The molecule has 1 saturated heterocycles. The number of piperidine rings is 1. The molecule has 1 fully saturated rings. The molecular formula is C19H25BrN4O. The molecule has 1 N–H and O–H groups in total. The summed E-state index contributed by atoms with van der Waals surface area (Å²) in [5.74, 6) is 0.808. The van der Waals surface area contributed by atoms with Gasteiger partial charge in [0.05, 0.1) is 11.9 Å². The number of likely N-dealkylation sites (tertiary alicyclic amines) is 1. The van der Waals surface area contributed by atoms with Crippen LogP contribution in [0.3, 0.4) is 0 Å². The average molecular weight is 405 g/mol. The highest BCUT2D eigenvalue weighted by Gasteiger charge is 2.16. The van der Waals surface area contributed by atoms with Crippen molar-refractivity contribution in [1.29, 1.82) is 0 Å². The van der Waals surface area contributed by atoms with Crippen LogP contribution in [-0.4, -0.2) is 27.8 Å². The number of hydrogen-bond acceptors (Lipinski definition) is 4. The van der Waals surface area contributed by atoms with Crippen molar-refractivity contribution in [3.63, 3.8) is 0 Å². The third kappa shape index (κ3) is 4.70. The van der Waals surface area contributed by atoms with E-state index in [0.29, 0.717) is 11.0 Å². The monoisotopic (exact) mass is 404 g/mol. The normalized spacial score (nSPS) is 18.3. The molecule has 134 valence electrons. The highest BCUT2D eigenvalue weighted by atomic mass is 79.9. The van der Waals surface area contributed by atoms with E-state index in [0.717, 1.165) is 18.2 Å². The quantitative estimate of drug-likeness (QED) is 0.829. The van der Waals surface area contributed by atoms with Gasteiger partial charge in [0.15, 0.2) is 0 Å². The fourth-order valence-electron chi connectivity index (χ4n) is 3.28. The van der Waals surface area contributed by atoms with E-state index in [1.54, 1.807) is 13.2 Å². The number of nitrogens with one attached hydrogen (secondary N) is 1. The van der Waals surface area contributed by atoms with Crippen LogP contribution in [0.4, 0.5) is 5.69 Å². The number of rotatable bonds is 5. The van der Waals surface area contributed by atoms with Gasteiger partial charge in [-0.15, -0.1) is 0 Å². The Kier molecular flexibility index (Phi) is 5.91. The molecule has 0 aliphatic carbocycles. The molecule has 1 aromatic heterocycles. The van der Waals surface area contributed by atoms with Crippen molar-refractivity contribution < 1.29 is 0 Å². The zero-order valence-electron chi connectivity index (χ0n) is 14.8. The van der Waals surface area contributed by atoms with Crippen molar-refractivity contribution in [3.8, 4) is 0 Å². The molecule has 2 aromatic rings. The fraction of sp³-hybridized carbons (Fsp3) is 0.474. The molecule has 6 heteroatoms. The standard InChI is InChI=1S/C19H25BrN4O/c1-14-4-3-9-24(12-14)13-16-7-5-15(6-8-16)10-21-17-11-22-23(2)19(25)18(17)20/h5-8,11,14,21H,3-4,9-10,12-13H2,1-2H3. The largest absolute Gasteiger partial charge is 0.379 e. The van der Waals surface area contributed by atoms with Crippen molar-refractivity contribution in [2.75, 3.05) is 18.4 Å². The lowest BCUT2D eigenvalue weighted by Crippen LogP contribution is -2.33. The molecule has 1 aromatic carbocycles. The van der Waals surface area contributed by atoms with E-state index in [4.69, 9.17) is 0 Å². The number of halogens is 1. The Hall–Kier alpha value is -1.66. The summed E-state index contributed by atoms with van der Waals surface area (Å²) < 4.78 is 1.83. The summed E-state index contributed by atoms with van der Waals surface area (Å²) >= 11 is 3.33. The van der Waals surface area contributed by atoms with Crippen molar-refractivity contribution in [2.45, 2.75) is 32.9 Å². The number of hydrogen-bond donors (Lipinski definition) is 1. The Morgan fingerprint density at radius 3 is 2.72 bits per heavy atom. The minimum Gasteiger partial charge on any atom is -0.379 e. The Bertz CT molecular complexity index is 772. The lowest BCUT2D eigenvalue weighted by molar-refractivity contribution is 0.176. The molecule has 1 unspecified atom stereocenters. The highest BCUT2D eigenvalue weighted by Crippen LogP contribution is 2.19. The second-order valence-electron chi connectivity index (χ2n) is 6.95. The predicted octanol–water partition coefficient (Wildman–Crippen LogP) is 3.39. The van der Waals surface area contributed by atoms with E-state index >= 15 is 0 Å². The number of aryl methyl sites for hydroxylation is 1. The van der Waals surface area contributed by atoms with Crippen LogP contribution in [0.2, 0.25) is 0 Å². The third-order valence-electron chi connectivity index (χ3n) is 4.73. The van der Waals surface area contributed by atoms with Gasteiger partial charge in [0, 0.05) is 26.7 Å². The van der Waals surface area contributed by atoms with E-state index < -0.39 is 0 Å². The minimum absolute atomic E-state index is 0.142. The van der Waals surface area contributed by atoms with Gasteiger partial charge in [0.25, 0.3) is 5.56 Å². The average Bonchev–Trinajstić information content (AvgIpc) is 2.60. The van der Waals surface area contributed by atoms with Gasteiger partial charge in [-0.3, -0.25) is 9.69 Å². The van der Waals surface area contributed by atoms with Gasteiger partial charge >= 0.3 is 0 Å². The molecule has 2 heterocycles.